The minimum absolute atomic E-state index is 0.329. The molecule has 5 heteroatoms. The van der Waals surface area contributed by atoms with E-state index in [1.807, 2.05) is 20.8 Å². The van der Waals surface area contributed by atoms with Crippen LogP contribution in [0.1, 0.15) is 53.9 Å². The second-order valence-electron chi connectivity index (χ2n) is 6.20. The summed E-state index contributed by atoms with van der Waals surface area (Å²) in [5.41, 5.74) is -0.444. The molecular weight excluding hydrogens is 256 g/mol. The van der Waals surface area contributed by atoms with Gasteiger partial charge < -0.3 is 20.1 Å². The lowest BCUT2D eigenvalue weighted by Crippen LogP contribution is -2.40. The van der Waals surface area contributed by atoms with Crippen LogP contribution >= 0.6 is 0 Å². The Hall–Kier alpha value is -0.810. The lowest BCUT2D eigenvalue weighted by atomic mass is 10.1. The van der Waals surface area contributed by atoms with E-state index in [9.17, 15) is 4.79 Å². The first-order valence-corrected chi connectivity index (χ1v) is 7.50. The second-order valence-corrected chi connectivity index (χ2v) is 6.20. The van der Waals surface area contributed by atoms with Crippen molar-refractivity contribution in [1.29, 1.82) is 0 Å². The molecule has 0 saturated heterocycles. The van der Waals surface area contributed by atoms with Gasteiger partial charge in [-0.2, -0.15) is 0 Å². The molecule has 0 fully saturated rings. The van der Waals surface area contributed by atoms with E-state index in [0.29, 0.717) is 25.2 Å². The van der Waals surface area contributed by atoms with Crippen molar-refractivity contribution in [2.45, 2.75) is 71.6 Å². The van der Waals surface area contributed by atoms with Gasteiger partial charge in [0, 0.05) is 25.7 Å². The van der Waals surface area contributed by atoms with Gasteiger partial charge in [0.05, 0.1) is 6.61 Å². The van der Waals surface area contributed by atoms with Gasteiger partial charge in [-0.1, -0.05) is 6.92 Å². The maximum Gasteiger partial charge on any atom is 0.407 e. The normalized spacial score (nSPS) is 14.7. The molecule has 0 saturated carbocycles. The minimum atomic E-state index is -0.444. The predicted molar refractivity (Wildman–Crippen MR) is 82.0 cm³/mol. The standard InChI is InChI=1S/C15H32N2O3/c1-7-12(2)17-13(11-19-6)9-8-10-16-14(18)20-15(3,4)5/h12-13,17H,7-11H2,1-6H3,(H,16,18). The van der Waals surface area contributed by atoms with Gasteiger partial charge in [0.25, 0.3) is 0 Å². The Balaban J connectivity index is 3.85. The molecule has 20 heavy (non-hydrogen) atoms. The van der Waals surface area contributed by atoms with Gasteiger partial charge in [-0.15, -0.1) is 0 Å². The van der Waals surface area contributed by atoms with E-state index in [2.05, 4.69) is 24.5 Å². The van der Waals surface area contributed by atoms with Crippen molar-refractivity contribution in [3.63, 3.8) is 0 Å². The number of hydrogen-bond donors (Lipinski definition) is 2. The molecule has 0 rings (SSSR count). The lowest BCUT2D eigenvalue weighted by Gasteiger charge is -2.22. The van der Waals surface area contributed by atoms with Gasteiger partial charge in [-0.3, -0.25) is 0 Å². The van der Waals surface area contributed by atoms with E-state index in [0.717, 1.165) is 19.3 Å². The molecule has 0 aromatic heterocycles. The van der Waals surface area contributed by atoms with Crippen molar-refractivity contribution in [1.82, 2.24) is 10.6 Å². The minimum Gasteiger partial charge on any atom is -0.444 e. The maximum atomic E-state index is 11.5. The summed E-state index contributed by atoms with van der Waals surface area (Å²) < 4.78 is 10.4. The Morgan fingerprint density at radius 2 is 1.95 bits per heavy atom. The summed E-state index contributed by atoms with van der Waals surface area (Å²) in [6.07, 6.45) is 2.61. The van der Waals surface area contributed by atoms with Crippen LogP contribution in [0.3, 0.4) is 0 Å². The molecule has 0 aromatic rings. The summed E-state index contributed by atoms with van der Waals surface area (Å²) in [4.78, 5) is 11.5. The van der Waals surface area contributed by atoms with E-state index >= 15 is 0 Å². The number of amides is 1. The number of carbonyl (C=O) groups is 1. The molecule has 0 bridgehead atoms. The molecule has 2 atom stereocenters. The zero-order valence-electron chi connectivity index (χ0n) is 13.9. The highest BCUT2D eigenvalue weighted by Crippen LogP contribution is 2.06. The summed E-state index contributed by atoms with van der Waals surface area (Å²) in [5.74, 6) is 0. The highest BCUT2D eigenvalue weighted by molar-refractivity contribution is 5.67. The fourth-order valence-corrected chi connectivity index (χ4v) is 1.79. The fraction of sp³-hybridized carbons (Fsp3) is 0.933. The molecule has 0 spiro atoms. The quantitative estimate of drug-likeness (QED) is 0.640. The van der Waals surface area contributed by atoms with E-state index in [1.54, 1.807) is 7.11 Å². The topological polar surface area (TPSA) is 59.6 Å². The van der Waals surface area contributed by atoms with E-state index < -0.39 is 5.60 Å². The van der Waals surface area contributed by atoms with Gasteiger partial charge in [0.2, 0.25) is 0 Å². The maximum absolute atomic E-state index is 11.5. The second kappa shape index (κ2) is 10.00. The molecule has 0 aliphatic rings. The van der Waals surface area contributed by atoms with Crippen LogP contribution in [-0.2, 0) is 9.47 Å². The Bertz CT molecular complexity index is 264. The van der Waals surface area contributed by atoms with E-state index in [4.69, 9.17) is 9.47 Å². The first kappa shape index (κ1) is 19.2. The molecule has 5 nitrogen and oxygen atoms in total. The van der Waals surface area contributed by atoms with Gasteiger partial charge in [0.1, 0.15) is 5.60 Å². The van der Waals surface area contributed by atoms with Crippen LogP contribution in [0.15, 0.2) is 0 Å². The third-order valence-corrected chi connectivity index (χ3v) is 2.90. The molecule has 1 amide bonds. The monoisotopic (exact) mass is 288 g/mol. The molecular formula is C15H32N2O3. The third kappa shape index (κ3) is 11.1. The number of methoxy groups -OCH3 is 1. The van der Waals surface area contributed by atoms with Crippen molar-refractivity contribution in [2.75, 3.05) is 20.3 Å². The van der Waals surface area contributed by atoms with Gasteiger partial charge >= 0.3 is 6.09 Å². The largest absolute Gasteiger partial charge is 0.444 e. The highest BCUT2D eigenvalue weighted by atomic mass is 16.6. The van der Waals surface area contributed by atoms with Gasteiger partial charge in [0.15, 0.2) is 0 Å². The van der Waals surface area contributed by atoms with Crippen LogP contribution < -0.4 is 10.6 Å². The zero-order valence-corrected chi connectivity index (χ0v) is 13.9. The Kier molecular flexibility index (Phi) is 9.59. The summed E-state index contributed by atoms with van der Waals surface area (Å²) in [6.45, 7) is 11.2. The van der Waals surface area contributed by atoms with Crippen LogP contribution in [0.4, 0.5) is 4.79 Å². The van der Waals surface area contributed by atoms with Crippen LogP contribution in [0.2, 0.25) is 0 Å². The summed E-state index contributed by atoms with van der Waals surface area (Å²) in [6, 6.07) is 0.810. The van der Waals surface area contributed by atoms with Crippen molar-refractivity contribution >= 4 is 6.09 Å². The number of hydrogen-bond acceptors (Lipinski definition) is 4. The first-order valence-electron chi connectivity index (χ1n) is 7.50. The molecule has 0 radical (unpaired) electrons. The van der Waals surface area contributed by atoms with Crippen molar-refractivity contribution in [3.8, 4) is 0 Å². The number of rotatable bonds is 9. The van der Waals surface area contributed by atoms with Crippen LogP contribution in [0.25, 0.3) is 0 Å². The predicted octanol–water partition coefficient (Wildman–Crippen LogP) is 2.69. The average molecular weight is 288 g/mol. The molecule has 0 aliphatic heterocycles. The number of nitrogens with one attached hydrogen (secondary N) is 2. The van der Waals surface area contributed by atoms with Crippen molar-refractivity contribution < 1.29 is 14.3 Å². The molecule has 0 heterocycles. The van der Waals surface area contributed by atoms with Crippen molar-refractivity contribution in [3.05, 3.63) is 0 Å². The van der Waals surface area contributed by atoms with Crippen LogP contribution in [-0.4, -0.2) is 44.0 Å². The summed E-state index contributed by atoms with van der Waals surface area (Å²) >= 11 is 0. The first-order chi connectivity index (χ1) is 9.28. The molecule has 2 N–H and O–H groups in total. The smallest absolute Gasteiger partial charge is 0.407 e. The molecule has 2 unspecified atom stereocenters. The fourth-order valence-electron chi connectivity index (χ4n) is 1.79. The molecule has 120 valence electrons. The van der Waals surface area contributed by atoms with Crippen LogP contribution in [0, 0.1) is 0 Å². The Morgan fingerprint density at radius 1 is 1.30 bits per heavy atom. The summed E-state index contributed by atoms with van der Waals surface area (Å²) in [7, 11) is 1.71. The molecule has 0 aromatic carbocycles. The Morgan fingerprint density at radius 3 is 2.45 bits per heavy atom. The number of alkyl carbamates (subject to hydrolysis) is 1. The lowest BCUT2D eigenvalue weighted by molar-refractivity contribution is 0.0526. The highest BCUT2D eigenvalue weighted by Gasteiger charge is 2.16. The van der Waals surface area contributed by atoms with Gasteiger partial charge in [-0.05, 0) is 47.0 Å². The average Bonchev–Trinajstić information content (AvgIpc) is 2.32. The van der Waals surface area contributed by atoms with E-state index in [-0.39, 0.29) is 6.09 Å². The van der Waals surface area contributed by atoms with E-state index in [1.165, 1.54) is 0 Å². The third-order valence-electron chi connectivity index (χ3n) is 2.90. The van der Waals surface area contributed by atoms with Gasteiger partial charge in [-0.25, -0.2) is 4.79 Å². The molecule has 0 aliphatic carbocycles. The van der Waals surface area contributed by atoms with Crippen LogP contribution in [0.5, 0.6) is 0 Å². The zero-order chi connectivity index (χ0) is 15.6. The number of carbonyl (C=O) groups excluding carboxylic acids is 1. The SMILES string of the molecule is CCC(C)NC(CCCNC(=O)OC(C)(C)C)COC. The summed E-state index contributed by atoms with van der Waals surface area (Å²) in [5, 5.41) is 6.30. The number of ether oxygens (including phenoxy) is 2. The van der Waals surface area contributed by atoms with Crippen molar-refractivity contribution in [2.24, 2.45) is 0 Å². The Labute approximate surface area is 123 Å².